The normalized spacial score (nSPS) is 11.6. The Labute approximate surface area is 176 Å². The van der Waals surface area contributed by atoms with Crippen LogP contribution in [0, 0.1) is 0 Å². The molecule has 2 aromatic heterocycles. The van der Waals surface area contributed by atoms with Gasteiger partial charge in [-0.1, -0.05) is 47.6 Å². The summed E-state index contributed by atoms with van der Waals surface area (Å²) in [7, 11) is 0. The van der Waals surface area contributed by atoms with E-state index in [2.05, 4.69) is 46.9 Å². The van der Waals surface area contributed by atoms with E-state index in [9.17, 15) is 0 Å². The summed E-state index contributed by atoms with van der Waals surface area (Å²) < 4.78 is 2.19. The van der Waals surface area contributed by atoms with Crippen molar-refractivity contribution in [3.8, 4) is 0 Å². The van der Waals surface area contributed by atoms with Crippen molar-refractivity contribution < 1.29 is 0 Å². The number of thioether (sulfide) groups is 2. The molecule has 2 heterocycles. The second kappa shape index (κ2) is 7.66. The molecule has 6 heteroatoms. The first kappa shape index (κ1) is 17.9. The molecule has 0 unspecified atom stereocenters. The van der Waals surface area contributed by atoms with Crippen molar-refractivity contribution in [2.75, 3.05) is 11.5 Å². The molecule has 0 bridgehead atoms. The number of hydrogen-bond donors (Lipinski definition) is 0. The molecular formula is C22H16ClN3S2. The van der Waals surface area contributed by atoms with E-state index in [1.165, 1.54) is 4.90 Å². The molecule has 28 heavy (non-hydrogen) atoms. The van der Waals surface area contributed by atoms with Gasteiger partial charge in [-0.05, 0) is 48.5 Å². The minimum atomic E-state index is 0.772. The number of aromatic nitrogens is 3. The molecule has 0 aliphatic heterocycles. The molecule has 3 aromatic carbocycles. The summed E-state index contributed by atoms with van der Waals surface area (Å²) >= 11 is 9.57. The van der Waals surface area contributed by atoms with Crippen LogP contribution in [0.2, 0.25) is 5.02 Å². The van der Waals surface area contributed by atoms with Crippen LogP contribution in [-0.2, 0) is 0 Å². The number of imidazole rings is 1. The Kier molecular flexibility index (Phi) is 4.89. The quantitative estimate of drug-likeness (QED) is 0.182. The van der Waals surface area contributed by atoms with Gasteiger partial charge in [0.2, 0.25) is 0 Å². The standard InChI is InChI=1S/C22H16ClN3S2/c23-15-9-11-16(12-10-15)27-13-14-28-22-25-18-6-2-1-5-17(18)21-24-19-7-3-4-8-20(19)26(21)22/h1-12H,13-14H2. The lowest BCUT2D eigenvalue weighted by Gasteiger charge is -2.08. The van der Waals surface area contributed by atoms with Crippen molar-refractivity contribution in [3.05, 3.63) is 77.8 Å². The van der Waals surface area contributed by atoms with Gasteiger partial charge in [0.25, 0.3) is 0 Å². The van der Waals surface area contributed by atoms with Gasteiger partial charge in [0.1, 0.15) is 5.65 Å². The zero-order valence-corrected chi connectivity index (χ0v) is 17.3. The average molecular weight is 422 g/mol. The number of halogens is 1. The third-order valence-corrected chi connectivity index (χ3v) is 6.97. The lowest BCUT2D eigenvalue weighted by molar-refractivity contribution is 0.953. The Morgan fingerprint density at radius 3 is 2.32 bits per heavy atom. The van der Waals surface area contributed by atoms with Crippen molar-refractivity contribution in [1.29, 1.82) is 0 Å². The predicted octanol–water partition coefficient (Wildman–Crippen LogP) is 6.57. The molecule has 138 valence electrons. The van der Waals surface area contributed by atoms with Crippen LogP contribution < -0.4 is 0 Å². The number of nitrogens with zero attached hydrogens (tertiary/aromatic N) is 3. The van der Waals surface area contributed by atoms with E-state index in [-0.39, 0.29) is 0 Å². The molecule has 0 aliphatic carbocycles. The fraction of sp³-hybridized carbons (Fsp3) is 0.0909. The van der Waals surface area contributed by atoms with E-state index >= 15 is 0 Å². The van der Waals surface area contributed by atoms with Crippen LogP contribution in [-0.4, -0.2) is 25.9 Å². The first-order chi connectivity index (χ1) is 13.8. The first-order valence-electron chi connectivity index (χ1n) is 8.97. The molecular weight excluding hydrogens is 406 g/mol. The Morgan fingerprint density at radius 1 is 0.750 bits per heavy atom. The maximum atomic E-state index is 5.96. The van der Waals surface area contributed by atoms with E-state index in [0.717, 1.165) is 49.3 Å². The van der Waals surface area contributed by atoms with Crippen LogP contribution in [0.1, 0.15) is 0 Å². The third kappa shape index (κ3) is 3.34. The summed E-state index contributed by atoms with van der Waals surface area (Å²) in [5.41, 5.74) is 4.06. The Bertz CT molecular complexity index is 1280. The zero-order valence-electron chi connectivity index (χ0n) is 14.9. The zero-order chi connectivity index (χ0) is 18.9. The minimum absolute atomic E-state index is 0.772. The lowest BCUT2D eigenvalue weighted by atomic mass is 10.2. The van der Waals surface area contributed by atoms with Gasteiger partial charge in [0.05, 0.1) is 16.6 Å². The number of hydrogen-bond acceptors (Lipinski definition) is 4. The van der Waals surface area contributed by atoms with Crippen LogP contribution in [0.15, 0.2) is 82.8 Å². The highest BCUT2D eigenvalue weighted by Gasteiger charge is 2.13. The van der Waals surface area contributed by atoms with E-state index < -0.39 is 0 Å². The summed E-state index contributed by atoms with van der Waals surface area (Å²) in [5, 5.41) is 2.84. The van der Waals surface area contributed by atoms with Crippen LogP contribution in [0.25, 0.3) is 27.6 Å². The Hall–Kier alpha value is -2.21. The Morgan fingerprint density at radius 2 is 1.46 bits per heavy atom. The van der Waals surface area contributed by atoms with E-state index in [1.54, 1.807) is 11.8 Å². The van der Waals surface area contributed by atoms with Gasteiger partial charge < -0.3 is 0 Å². The third-order valence-electron chi connectivity index (χ3n) is 4.51. The molecule has 0 radical (unpaired) electrons. The predicted molar refractivity (Wildman–Crippen MR) is 121 cm³/mol. The molecule has 0 aliphatic rings. The van der Waals surface area contributed by atoms with Crippen LogP contribution in [0.5, 0.6) is 0 Å². The smallest absolute Gasteiger partial charge is 0.174 e. The summed E-state index contributed by atoms with van der Waals surface area (Å²) in [6, 6.07) is 24.5. The lowest BCUT2D eigenvalue weighted by Crippen LogP contribution is -1.98. The van der Waals surface area contributed by atoms with Gasteiger partial charge in [0.15, 0.2) is 5.16 Å². The topological polar surface area (TPSA) is 30.2 Å². The van der Waals surface area contributed by atoms with Gasteiger partial charge in [-0.2, -0.15) is 0 Å². The number of para-hydroxylation sites is 3. The van der Waals surface area contributed by atoms with Crippen molar-refractivity contribution in [2.45, 2.75) is 10.1 Å². The van der Waals surface area contributed by atoms with Crippen LogP contribution >= 0.6 is 35.1 Å². The van der Waals surface area contributed by atoms with Gasteiger partial charge in [0, 0.05) is 26.8 Å². The highest BCUT2D eigenvalue weighted by Crippen LogP contribution is 2.30. The molecule has 0 N–H and O–H groups in total. The average Bonchev–Trinajstić information content (AvgIpc) is 3.12. The second-order valence-electron chi connectivity index (χ2n) is 6.32. The highest BCUT2D eigenvalue weighted by molar-refractivity contribution is 8.02. The van der Waals surface area contributed by atoms with Gasteiger partial charge in [-0.15, -0.1) is 11.8 Å². The fourth-order valence-corrected chi connectivity index (χ4v) is 5.25. The molecule has 0 fully saturated rings. The number of fused-ring (bicyclic) bond motifs is 5. The first-order valence-corrected chi connectivity index (χ1v) is 11.3. The molecule has 0 saturated heterocycles. The van der Waals surface area contributed by atoms with Crippen molar-refractivity contribution >= 4 is 62.7 Å². The molecule has 0 atom stereocenters. The summed E-state index contributed by atoms with van der Waals surface area (Å²) in [6.07, 6.45) is 0. The maximum absolute atomic E-state index is 5.96. The number of rotatable bonds is 5. The molecule has 5 aromatic rings. The molecule has 0 saturated carbocycles. The summed E-state index contributed by atoms with van der Waals surface area (Å²) in [5.74, 6) is 1.95. The summed E-state index contributed by atoms with van der Waals surface area (Å²) in [6.45, 7) is 0. The highest BCUT2D eigenvalue weighted by atomic mass is 35.5. The largest absolute Gasteiger partial charge is 0.271 e. The SMILES string of the molecule is Clc1ccc(SCCSc2nc3ccccc3c3nc4ccccc4n23)cc1. The van der Waals surface area contributed by atoms with Crippen LogP contribution in [0.4, 0.5) is 0 Å². The fourth-order valence-electron chi connectivity index (χ4n) is 3.23. The van der Waals surface area contributed by atoms with Gasteiger partial charge >= 0.3 is 0 Å². The van der Waals surface area contributed by atoms with Crippen molar-refractivity contribution in [1.82, 2.24) is 14.4 Å². The van der Waals surface area contributed by atoms with E-state index in [1.807, 2.05) is 42.1 Å². The Balaban J connectivity index is 1.48. The van der Waals surface area contributed by atoms with E-state index in [0.29, 0.717) is 0 Å². The monoisotopic (exact) mass is 421 g/mol. The number of benzene rings is 3. The molecule has 0 amide bonds. The minimum Gasteiger partial charge on any atom is -0.271 e. The van der Waals surface area contributed by atoms with Crippen LogP contribution in [0.3, 0.4) is 0 Å². The van der Waals surface area contributed by atoms with Crippen molar-refractivity contribution in [3.63, 3.8) is 0 Å². The molecule has 5 rings (SSSR count). The summed E-state index contributed by atoms with van der Waals surface area (Å²) in [4.78, 5) is 11.1. The molecule has 3 nitrogen and oxygen atoms in total. The molecule has 0 spiro atoms. The van der Waals surface area contributed by atoms with Crippen molar-refractivity contribution in [2.24, 2.45) is 0 Å². The maximum Gasteiger partial charge on any atom is 0.174 e. The van der Waals surface area contributed by atoms with E-state index in [4.69, 9.17) is 21.6 Å². The van der Waals surface area contributed by atoms with Gasteiger partial charge in [-0.25, -0.2) is 9.97 Å². The second-order valence-corrected chi connectivity index (χ2v) is 8.99. The van der Waals surface area contributed by atoms with Gasteiger partial charge in [-0.3, -0.25) is 4.40 Å².